The molecular weight excluding hydrogens is 292 g/mol. The van der Waals surface area contributed by atoms with E-state index >= 15 is 0 Å². The number of rotatable bonds is 3. The van der Waals surface area contributed by atoms with Crippen molar-refractivity contribution >= 4 is 29.2 Å². The second kappa shape index (κ2) is 4.71. The van der Waals surface area contributed by atoms with Crippen LogP contribution in [0.15, 0.2) is 41.8 Å². The fourth-order valence-electron chi connectivity index (χ4n) is 2.35. The van der Waals surface area contributed by atoms with E-state index in [9.17, 15) is 14.4 Å². The second-order valence-electron chi connectivity index (χ2n) is 4.52. The number of carbonyl (C=O) groups is 3. The Hall–Kier alpha value is -2.67. The first kappa shape index (κ1) is 13.3. The Labute approximate surface area is 123 Å². The van der Waals surface area contributed by atoms with Gasteiger partial charge in [-0.05, 0) is 29.1 Å². The largest absolute Gasteiger partial charge is 0.478 e. The van der Waals surface area contributed by atoms with Crippen LogP contribution in [0.25, 0.3) is 0 Å². The Morgan fingerprint density at radius 3 is 2.57 bits per heavy atom. The summed E-state index contributed by atoms with van der Waals surface area (Å²) in [6.45, 7) is 0. The molecule has 1 saturated heterocycles. The molecule has 1 aromatic carbocycles. The number of benzene rings is 1. The number of thiophene rings is 1. The van der Waals surface area contributed by atoms with Crippen LogP contribution < -0.4 is 10.6 Å². The van der Waals surface area contributed by atoms with Crippen molar-refractivity contribution in [3.05, 3.63) is 57.8 Å². The number of hydrogen-bond donors (Lipinski definition) is 3. The molecule has 6 nitrogen and oxygen atoms in total. The summed E-state index contributed by atoms with van der Waals surface area (Å²) in [7, 11) is 0. The van der Waals surface area contributed by atoms with Crippen molar-refractivity contribution in [2.24, 2.45) is 0 Å². The molecule has 1 aliphatic heterocycles. The van der Waals surface area contributed by atoms with Gasteiger partial charge in [-0.15, -0.1) is 11.3 Å². The van der Waals surface area contributed by atoms with E-state index in [1.807, 2.05) is 0 Å². The first-order valence-corrected chi connectivity index (χ1v) is 6.93. The van der Waals surface area contributed by atoms with Crippen LogP contribution in [-0.2, 0) is 10.3 Å². The van der Waals surface area contributed by atoms with Crippen LogP contribution in [0.3, 0.4) is 0 Å². The summed E-state index contributed by atoms with van der Waals surface area (Å²) in [6.07, 6.45) is 0. The number of carbonyl (C=O) groups excluding carboxylic acids is 2. The Balaban J connectivity index is 2.22. The van der Waals surface area contributed by atoms with E-state index in [2.05, 4.69) is 10.6 Å². The number of nitrogens with one attached hydrogen (secondary N) is 2. The van der Waals surface area contributed by atoms with Gasteiger partial charge < -0.3 is 10.4 Å². The van der Waals surface area contributed by atoms with Gasteiger partial charge in [-0.25, -0.2) is 9.59 Å². The van der Waals surface area contributed by atoms with Crippen LogP contribution in [0.5, 0.6) is 0 Å². The SMILES string of the molecule is O=C1NC(=O)C(c2cccc(C(=O)O)c2)(c2cccs2)N1. The molecule has 106 valence electrons. The molecule has 1 aromatic heterocycles. The molecular formula is C14H10N2O4S. The fraction of sp³-hybridized carbons (Fsp3) is 0.0714. The number of carboxylic acid groups (broad SMARTS) is 1. The maximum absolute atomic E-state index is 12.4. The zero-order valence-electron chi connectivity index (χ0n) is 10.6. The third-order valence-corrected chi connectivity index (χ3v) is 4.29. The van der Waals surface area contributed by atoms with Gasteiger partial charge in [0.15, 0.2) is 5.54 Å². The minimum Gasteiger partial charge on any atom is -0.478 e. The number of amides is 3. The lowest BCUT2D eigenvalue weighted by atomic mass is 9.87. The molecule has 2 heterocycles. The molecule has 1 unspecified atom stereocenters. The molecule has 3 N–H and O–H groups in total. The van der Waals surface area contributed by atoms with Crippen LogP contribution in [-0.4, -0.2) is 23.0 Å². The fourth-order valence-corrected chi connectivity index (χ4v) is 3.25. The van der Waals surface area contributed by atoms with Crippen molar-refractivity contribution in [3.63, 3.8) is 0 Å². The van der Waals surface area contributed by atoms with Crippen LogP contribution in [0.4, 0.5) is 4.79 Å². The molecule has 7 heteroatoms. The summed E-state index contributed by atoms with van der Waals surface area (Å²) >= 11 is 1.31. The molecule has 0 saturated carbocycles. The molecule has 1 atom stereocenters. The number of carboxylic acids is 1. The van der Waals surface area contributed by atoms with Gasteiger partial charge in [0.1, 0.15) is 0 Å². The molecule has 3 amide bonds. The van der Waals surface area contributed by atoms with E-state index in [4.69, 9.17) is 5.11 Å². The van der Waals surface area contributed by atoms with E-state index in [1.165, 1.54) is 23.5 Å². The Morgan fingerprint density at radius 1 is 1.19 bits per heavy atom. The summed E-state index contributed by atoms with van der Waals surface area (Å²) in [5.74, 6) is -1.61. The molecule has 0 aliphatic carbocycles. The Bertz CT molecular complexity index is 741. The maximum Gasteiger partial charge on any atom is 0.335 e. The summed E-state index contributed by atoms with van der Waals surface area (Å²) in [4.78, 5) is 35.7. The van der Waals surface area contributed by atoms with Gasteiger partial charge in [-0.1, -0.05) is 18.2 Å². The highest BCUT2D eigenvalue weighted by Crippen LogP contribution is 2.35. The van der Waals surface area contributed by atoms with E-state index in [0.717, 1.165) is 0 Å². The Morgan fingerprint density at radius 2 is 2.00 bits per heavy atom. The van der Waals surface area contributed by atoms with Gasteiger partial charge in [-0.2, -0.15) is 0 Å². The van der Waals surface area contributed by atoms with Crippen molar-refractivity contribution in [1.29, 1.82) is 0 Å². The zero-order chi connectivity index (χ0) is 15.0. The number of hydrogen-bond acceptors (Lipinski definition) is 4. The third kappa shape index (κ3) is 1.98. The highest BCUT2D eigenvalue weighted by molar-refractivity contribution is 7.10. The molecule has 3 rings (SSSR count). The van der Waals surface area contributed by atoms with Crippen molar-refractivity contribution in [2.75, 3.05) is 0 Å². The molecule has 1 fully saturated rings. The van der Waals surface area contributed by atoms with Crippen LogP contribution in [0.2, 0.25) is 0 Å². The third-order valence-electron chi connectivity index (χ3n) is 3.30. The van der Waals surface area contributed by atoms with Crippen molar-refractivity contribution in [3.8, 4) is 0 Å². The molecule has 0 spiro atoms. The minimum atomic E-state index is -1.38. The van der Waals surface area contributed by atoms with Crippen molar-refractivity contribution in [2.45, 2.75) is 5.54 Å². The normalized spacial score (nSPS) is 21.0. The van der Waals surface area contributed by atoms with Crippen LogP contribution >= 0.6 is 11.3 Å². The molecule has 21 heavy (non-hydrogen) atoms. The molecule has 2 aromatic rings. The number of urea groups is 1. The first-order chi connectivity index (χ1) is 10.0. The average molecular weight is 302 g/mol. The van der Waals surface area contributed by atoms with Gasteiger partial charge in [0.2, 0.25) is 0 Å². The van der Waals surface area contributed by atoms with Crippen molar-refractivity contribution < 1.29 is 19.5 Å². The quantitative estimate of drug-likeness (QED) is 0.749. The predicted molar refractivity (Wildman–Crippen MR) is 75.2 cm³/mol. The number of imide groups is 1. The summed E-state index contributed by atoms with van der Waals surface area (Å²) in [5.41, 5.74) is -0.915. The smallest absolute Gasteiger partial charge is 0.335 e. The average Bonchev–Trinajstić information content (AvgIpc) is 3.07. The summed E-state index contributed by atoms with van der Waals surface area (Å²) in [5, 5.41) is 15.7. The lowest BCUT2D eigenvalue weighted by Gasteiger charge is -2.25. The van der Waals surface area contributed by atoms with Gasteiger partial charge in [0.05, 0.1) is 5.56 Å². The topological polar surface area (TPSA) is 95.5 Å². The minimum absolute atomic E-state index is 0.0531. The Kier molecular flexibility index (Phi) is 2.99. The van der Waals surface area contributed by atoms with Gasteiger partial charge in [0, 0.05) is 4.88 Å². The van der Waals surface area contributed by atoms with Crippen molar-refractivity contribution in [1.82, 2.24) is 10.6 Å². The molecule has 0 bridgehead atoms. The predicted octanol–water partition coefficient (Wildman–Crippen LogP) is 1.53. The van der Waals surface area contributed by atoms with Crippen LogP contribution in [0.1, 0.15) is 20.8 Å². The van der Waals surface area contributed by atoms with Gasteiger partial charge in [0.25, 0.3) is 5.91 Å². The lowest BCUT2D eigenvalue weighted by Crippen LogP contribution is -2.44. The van der Waals surface area contributed by atoms with E-state index in [-0.39, 0.29) is 5.56 Å². The van der Waals surface area contributed by atoms with E-state index in [0.29, 0.717) is 10.4 Å². The summed E-state index contributed by atoms with van der Waals surface area (Å²) < 4.78 is 0. The van der Waals surface area contributed by atoms with Gasteiger partial charge in [-0.3, -0.25) is 10.1 Å². The molecule has 1 aliphatic rings. The second-order valence-corrected chi connectivity index (χ2v) is 5.47. The van der Waals surface area contributed by atoms with E-state index < -0.39 is 23.4 Å². The zero-order valence-corrected chi connectivity index (χ0v) is 11.4. The van der Waals surface area contributed by atoms with E-state index in [1.54, 1.807) is 29.6 Å². The molecule has 0 radical (unpaired) electrons. The van der Waals surface area contributed by atoms with Crippen LogP contribution in [0, 0.1) is 0 Å². The highest BCUT2D eigenvalue weighted by Gasteiger charge is 2.50. The maximum atomic E-state index is 12.4. The lowest BCUT2D eigenvalue weighted by molar-refractivity contribution is -0.122. The summed E-state index contributed by atoms with van der Waals surface area (Å²) in [6, 6.07) is 8.89. The van der Waals surface area contributed by atoms with Gasteiger partial charge >= 0.3 is 12.0 Å². The first-order valence-electron chi connectivity index (χ1n) is 6.05. The monoisotopic (exact) mass is 302 g/mol. The number of aromatic carboxylic acids is 1. The highest BCUT2D eigenvalue weighted by atomic mass is 32.1. The standard InChI is InChI=1S/C14H10N2O4S/c17-11(18)8-3-1-4-9(7-8)14(10-5-2-6-21-10)12(19)15-13(20)16-14/h1-7H,(H,17,18)(H2,15,16,19,20).